The van der Waals surface area contributed by atoms with Crippen LogP contribution in [-0.2, 0) is 0 Å². The predicted molar refractivity (Wildman–Crippen MR) is 126 cm³/mol. The van der Waals surface area contributed by atoms with Crippen LogP contribution in [0.15, 0.2) is 72.1 Å². The average molecular weight is 464 g/mol. The van der Waals surface area contributed by atoms with Crippen LogP contribution in [0.2, 0.25) is 5.02 Å². The van der Waals surface area contributed by atoms with Gasteiger partial charge in [0, 0.05) is 10.7 Å². The summed E-state index contributed by atoms with van der Waals surface area (Å²) in [4.78, 5) is 17.6. The minimum Gasteiger partial charge on any atom is -0.497 e. The highest BCUT2D eigenvalue weighted by molar-refractivity contribution is 7.12. The second-order valence-electron chi connectivity index (χ2n) is 7.07. The normalized spacial score (nSPS) is 14.8. The summed E-state index contributed by atoms with van der Waals surface area (Å²) in [7, 11) is 1.64. The second kappa shape index (κ2) is 8.49. The number of amides is 1. The number of fused-ring (bicyclic) bond motifs is 1. The van der Waals surface area contributed by atoms with Crippen LogP contribution in [0.25, 0.3) is 5.70 Å². The van der Waals surface area contributed by atoms with Crippen LogP contribution in [-0.4, -0.2) is 27.8 Å². The summed E-state index contributed by atoms with van der Waals surface area (Å²) < 4.78 is 7.04. The van der Waals surface area contributed by atoms with Crippen molar-refractivity contribution in [1.82, 2.24) is 14.8 Å². The van der Waals surface area contributed by atoms with Gasteiger partial charge in [-0.15, -0.1) is 16.4 Å². The van der Waals surface area contributed by atoms with Gasteiger partial charge in [-0.3, -0.25) is 10.1 Å². The number of ether oxygens (including phenoxy) is 1. The summed E-state index contributed by atoms with van der Waals surface area (Å²) >= 11 is 7.42. The number of aromatic nitrogens is 3. The first kappa shape index (κ1) is 20.3. The van der Waals surface area contributed by atoms with Crippen LogP contribution < -0.4 is 15.4 Å². The number of hydrogen-bond acceptors (Lipinski definition) is 6. The van der Waals surface area contributed by atoms with Crippen molar-refractivity contribution in [2.75, 3.05) is 17.7 Å². The highest BCUT2D eigenvalue weighted by atomic mass is 35.5. The van der Waals surface area contributed by atoms with E-state index in [-0.39, 0.29) is 17.9 Å². The highest BCUT2D eigenvalue weighted by Crippen LogP contribution is 2.34. The number of hydrogen-bond donors (Lipinski definition) is 2. The summed E-state index contributed by atoms with van der Waals surface area (Å²) in [6.07, 6.45) is 2.07. The summed E-state index contributed by atoms with van der Waals surface area (Å²) in [5, 5.41) is 13.2. The first-order valence-corrected chi connectivity index (χ1v) is 11.1. The van der Waals surface area contributed by atoms with Crippen molar-refractivity contribution in [3.8, 4) is 5.75 Å². The molecule has 0 saturated carbocycles. The Bertz CT molecular complexity index is 1280. The van der Waals surface area contributed by atoms with Gasteiger partial charge in [0.05, 0.1) is 12.0 Å². The van der Waals surface area contributed by atoms with Crippen LogP contribution in [0, 0.1) is 0 Å². The molecule has 160 valence electrons. The van der Waals surface area contributed by atoms with Gasteiger partial charge in [0.1, 0.15) is 11.8 Å². The predicted octanol–water partition coefficient (Wildman–Crippen LogP) is 5.31. The molecule has 1 amide bonds. The fourth-order valence-electron chi connectivity index (χ4n) is 3.45. The van der Waals surface area contributed by atoms with Gasteiger partial charge < -0.3 is 10.1 Å². The van der Waals surface area contributed by atoms with Gasteiger partial charge in [-0.05, 0) is 52.9 Å². The summed E-state index contributed by atoms with van der Waals surface area (Å²) in [6.45, 7) is 0. The van der Waals surface area contributed by atoms with E-state index in [1.807, 2.05) is 60.0 Å². The zero-order chi connectivity index (χ0) is 22.1. The van der Waals surface area contributed by atoms with E-state index >= 15 is 0 Å². The van der Waals surface area contributed by atoms with Crippen LogP contribution in [0.4, 0.5) is 11.9 Å². The fourth-order valence-corrected chi connectivity index (χ4v) is 4.20. The number of allylic oxidation sites excluding steroid dienone is 1. The van der Waals surface area contributed by atoms with Crippen molar-refractivity contribution in [2.45, 2.75) is 6.04 Å². The molecule has 0 unspecified atom stereocenters. The molecule has 9 heteroatoms. The number of halogens is 1. The Morgan fingerprint density at radius 3 is 2.62 bits per heavy atom. The number of nitrogens with one attached hydrogen (secondary N) is 2. The molecule has 32 heavy (non-hydrogen) atoms. The van der Waals surface area contributed by atoms with E-state index in [1.165, 1.54) is 11.3 Å². The van der Waals surface area contributed by atoms with Crippen molar-refractivity contribution >= 4 is 46.4 Å². The zero-order valence-electron chi connectivity index (χ0n) is 16.9. The quantitative estimate of drug-likeness (QED) is 0.419. The Hall–Kier alpha value is -3.62. The Kier molecular flexibility index (Phi) is 5.38. The molecule has 4 aromatic rings. The molecule has 2 aromatic carbocycles. The molecule has 0 fully saturated rings. The number of nitrogens with zero attached hydrogens (tertiary/aromatic N) is 3. The number of carbonyl (C=O) groups is 1. The van der Waals surface area contributed by atoms with Gasteiger partial charge in [0.15, 0.2) is 0 Å². The molecule has 2 N–H and O–H groups in total. The maximum absolute atomic E-state index is 12.5. The van der Waals surface area contributed by atoms with E-state index in [4.69, 9.17) is 16.3 Å². The number of rotatable bonds is 5. The van der Waals surface area contributed by atoms with Crippen molar-refractivity contribution in [3.05, 3.63) is 93.1 Å². The van der Waals surface area contributed by atoms with Gasteiger partial charge in [-0.2, -0.15) is 4.98 Å². The maximum Gasteiger partial charge on any atom is 0.268 e. The molecule has 1 aliphatic rings. The van der Waals surface area contributed by atoms with E-state index in [0.717, 1.165) is 22.6 Å². The van der Waals surface area contributed by atoms with E-state index in [9.17, 15) is 4.79 Å². The molecule has 0 spiro atoms. The largest absolute Gasteiger partial charge is 0.497 e. The lowest BCUT2D eigenvalue weighted by Crippen LogP contribution is -2.20. The van der Waals surface area contributed by atoms with Crippen LogP contribution in [0.5, 0.6) is 5.75 Å². The molecular weight excluding hydrogens is 446 g/mol. The van der Waals surface area contributed by atoms with Gasteiger partial charge in [-0.1, -0.05) is 41.9 Å². The second-order valence-corrected chi connectivity index (χ2v) is 8.45. The Morgan fingerprint density at radius 2 is 1.94 bits per heavy atom. The van der Waals surface area contributed by atoms with Gasteiger partial charge >= 0.3 is 0 Å². The van der Waals surface area contributed by atoms with E-state index < -0.39 is 0 Å². The SMILES string of the molecule is COc1ccc([C@@H]2C=C(c3ccc(Cl)cc3)Nc3nc(NC(=O)c4cccs4)nn32)cc1. The third kappa shape index (κ3) is 3.98. The standard InChI is InChI=1S/C23H18ClN5O2S/c1-31-17-10-6-15(7-11-17)19-13-18(14-4-8-16(24)9-5-14)25-23-27-22(28-29(19)23)26-21(30)20-3-2-12-32-20/h2-13,19H,1H3,(H2,25,26,27,28,30)/t19-/m0/s1. The molecular formula is C23H18ClN5O2S. The number of methoxy groups -OCH3 is 1. The molecule has 0 saturated heterocycles. The molecule has 2 aromatic heterocycles. The van der Waals surface area contributed by atoms with Crippen molar-refractivity contribution in [1.29, 1.82) is 0 Å². The Balaban J connectivity index is 1.52. The molecule has 1 aliphatic heterocycles. The maximum atomic E-state index is 12.5. The first-order chi connectivity index (χ1) is 15.6. The first-order valence-electron chi connectivity index (χ1n) is 9.81. The highest BCUT2D eigenvalue weighted by Gasteiger charge is 2.26. The number of benzene rings is 2. The lowest BCUT2D eigenvalue weighted by molar-refractivity contribution is 0.102. The summed E-state index contributed by atoms with van der Waals surface area (Å²) in [5.41, 5.74) is 2.84. The Morgan fingerprint density at radius 1 is 1.16 bits per heavy atom. The van der Waals surface area contributed by atoms with Crippen LogP contribution >= 0.6 is 22.9 Å². The van der Waals surface area contributed by atoms with Crippen molar-refractivity contribution in [3.63, 3.8) is 0 Å². The third-order valence-electron chi connectivity index (χ3n) is 5.05. The third-order valence-corrected chi connectivity index (χ3v) is 6.17. The lowest BCUT2D eigenvalue weighted by atomic mass is 10.0. The molecule has 1 atom stereocenters. The topological polar surface area (TPSA) is 81.1 Å². The summed E-state index contributed by atoms with van der Waals surface area (Å²) in [5.74, 6) is 1.29. The lowest BCUT2D eigenvalue weighted by Gasteiger charge is -2.24. The molecule has 5 rings (SSSR count). The monoisotopic (exact) mass is 463 g/mol. The number of thiophene rings is 1. The zero-order valence-corrected chi connectivity index (χ0v) is 18.5. The van der Waals surface area contributed by atoms with E-state index in [2.05, 4.69) is 26.8 Å². The van der Waals surface area contributed by atoms with Gasteiger partial charge in [0.2, 0.25) is 5.95 Å². The van der Waals surface area contributed by atoms with E-state index in [1.54, 1.807) is 17.9 Å². The van der Waals surface area contributed by atoms with Crippen molar-refractivity contribution < 1.29 is 9.53 Å². The fraction of sp³-hybridized carbons (Fsp3) is 0.0870. The molecule has 3 heterocycles. The van der Waals surface area contributed by atoms with Gasteiger partial charge in [-0.25, -0.2) is 4.68 Å². The Labute approximate surface area is 193 Å². The smallest absolute Gasteiger partial charge is 0.268 e. The van der Waals surface area contributed by atoms with Crippen molar-refractivity contribution in [2.24, 2.45) is 0 Å². The number of anilines is 2. The van der Waals surface area contributed by atoms with E-state index in [0.29, 0.717) is 15.8 Å². The number of carbonyl (C=O) groups excluding carboxylic acids is 1. The minimum absolute atomic E-state index is 0.232. The molecule has 0 bridgehead atoms. The minimum atomic E-state index is -0.241. The van der Waals surface area contributed by atoms with Crippen LogP contribution in [0.3, 0.4) is 0 Å². The average Bonchev–Trinajstić information content (AvgIpc) is 3.49. The van der Waals surface area contributed by atoms with Crippen LogP contribution in [0.1, 0.15) is 26.8 Å². The molecule has 7 nitrogen and oxygen atoms in total. The van der Waals surface area contributed by atoms with Gasteiger partial charge in [0.25, 0.3) is 11.9 Å². The molecule has 0 aliphatic carbocycles. The molecule has 0 radical (unpaired) electrons. The summed E-state index contributed by atoms with van der Waals surface area (Å²) in [6, 6.07) is 18.7.